The summed E-state index contributed by atoms with van der Waals surface area (Å²) in [5.41, 5.74) is -0.114. The molecule has 116 valence electrons. The SMILES string of the molecule is CC(=O)c1cc(CO)c(N2CC(C)OC(C)C2)c(F)c1F. The van der Waals surface area contributed by atoms with E-state index < -0.39 is 24.0 Å². The van der Waals surface area contributed by atoms with Gasteiger partial charge in [-0.1, -0.05) is 0 Å². The molecule has 0 radical (unpaired) electrons. The number of hydrogen-bond donors (Lipinski definition) is 1. The molecule has 2 unspecified atom stereocenters. The van der Waals surface area contributed by atoms with Gasteiger partial charge in [0.2, 0.25) is 0 Å². The average molecular weight is 299 g/mol. The number of carbonyl (C=O) groups is 1. The number of nitrogens with zero attached hydrogens (tertiary/aromatic N) is 1. The summed E-state index contributed by atoms with van der Waals surface area (Å²) >= 11 is 0. The minimum Gasteiger partial charge on any atom is -0.392 e. The van der Waals surface area contributed by atoms with Gasteiger partial charge in [-0.25, -0.2) is 8.78 Å². The van der Waals surface area contributed by atoms with Crippen molar-refractivity contribution in [2.45, 2.75) is 39.6 Å². The van der Waals surface area contributed by atoms with Crippen molar-refractivity contribution in [3.8, 4) is 0 Å². The zero-order valence-corrected chi connectivity index (χ0v) is 12.3. The third-order valence-corrected chi connectivity index (χ3v) is 3.55. The van der Waals surface area contributed by atoms with Gasteiger partial charge < -0.3 is 14.7 Å². The summed E-state index contributed by atoms with van der Waals surface area (Å²) in [6, 6.07) is 1.22. The molecule has 0 bridgehead atoms. The number of hydrogen-bond acceptors (Lipinski definition) is 4. The summed E-state index contributed by atoms with van der Waals surface area (Å²) in [4.78, 5) is 13.0. The molecule has 1 heterocycles. The van der Waals surface area contributed by atoms with E-state index in [0.29, 0.717) is 13.1 Å². The molecular formula is C15H19F2NO3. The second-order valence-corrected chi connectivity index (χ2v) is 5.44. The maximum Gasteiger partial charge on any atom is 0.183 e. The number of aliphatic hydroxyl groups excluding tert-OH is 1. The lowest BCUT2D eigenvalue weighted by molar-refractivity contribution is -0.00554. The fourth-order valence-corrected chi connectivity index (χ4v) is 2.75. The number of anilines is 1. The Morgan fingerprint density at radius 1 is 1.33 bits per heavy atom. The Bertz CT molecular complexity index is 552. The summed E-state index contributed by atoms with van der Waals surface area (Å²) in [6.07, 6.45) is -0.259. The Morgan fingerprint density at radius 3 is 2.38 bits per heavy atom. The van der Waals surface area contributed by atoms with Crippen LogP contribution < -0.4 is 4.90 Å². The van der Waals surface area contributed by atoms with Gasteiger partial charge in [-0.3, -0.25) is 4.79 Å². The van der Waals surface area contributed by atoms with Gasteiger partial charge in [0.05, 0.1) is 30.1 Å². The fraction of sp³-hybridized carbons (Fsp3) is 0.533. The van der Waals surface area contributed by atoms with E-state index in [1.54, 1.807) is 4.90 Å². The third kappa shape index (κ3) is 3.06. The molecule has 0 aliphatic carbocycles. The van der Waals surface area contributed by atoms with Crippen LogP contribution in [0.2, 0.25) is 0 Å². The van der Waals surface area contributed by atoms with E-state index in [0.717, 1.165) is 6.92 Å². The van der Waals surface area contributed by atoms with Crippen molar-refractivity contribution in [1.82, 2.24) is 0 Å². The van der Waals surface area contributed by atoms with Gasteiger partial charge >= 0.3 is 0 Å². The molecule has 4 nitrogen and oxygen atoms in total. The van der Waals surface area contributed by atoms with E-state index >= 15 is 0 Å². The molecule has 0 saturated carbocycles. The molecule has 2 atom stereocenters. The minimum atomic E-state index is -1.17. The maximum atomic E-state index is 14.4. The van der Waals surface area contributed by atoms with Gasteiger partial charge in [0.1, 0.15) is 0 Å². The predicted octanol–water partition coefficient (Wildman–Crippen LogP) is 2.27. The second-order valence-electron chi connectivity index (χ2n) is 5.44. The zero-order chi connectivity index (χ0) is 15.7. The van der Waals surface area contributed by atoms with Crippen molar-refractivity contribution < 1.29 is 23.4 Å². The lowest BCUT2D eigenvalue weighted by Crippen LogP contribution is -2.46. The quantitative estimate of drug-likeness (QED) is 0.870. The summed E-state index contributed by atoms with van der Waals surface area (Å²) in [5, 5.41) is 9.44. The van der Waals surface area contributed by atoms with Crippen molar-refractivity contribution in [2.24, 2.45) is 0 Å². The van der Waals surface area contributed by atoms with Crippen LogP contribution in [-0.2, 0) is 11.3 Å². The third-order valence-electron chi connectivity index (χ3n) is 3.55. The van der Waals surface area contributed by atoms with E-state index in [4.69, 9.17) is 4.74 Å². The van der Waals surface area contributed by atoms with Crippen LogP contribution in [0.4, 0.5) is 14.5 Å². The largest absolute Gasteiger partial charge is 0.392 e. The second kappa shape index (κ2) is 6.07. The highest BCUT2D eigenvalue weighted by atomic mass is 19.2. The van der Waals surface area contributed by atoms with E-state index in [9.17, 15) is 18.7 Å². The molecule has 1 aliphatic rings. The zero-order valence-electron chi connectivity index (χ0n) is 12.3. The molecule has 0 spiro atoms. The van der Waals surface area contributed by atoms with Crippen molar-refractivity contribution in [1.29, 1.82) is 0 Å². The van der Waals surface area contributed by atoms with Crippen LogP contribution in [0.25, 0.3) is 0 Å². The first-order valence-electron chi connectivity index (χ1n) is 6.88. The Kier molecular flexibility index (Phi) is 4.58. The molecule has 0 aromatic heterocycles. The molecule has 2 rings (SSSR count). The van der Waals surface area contributed by atoms with Crippen molar-refractivity contribution in [3.05, 3.63) is 28.8 Å². The lowest BCUT2D eigenvalue weighted by Gasteiger charge is -2.38. The van der Waals surface area contributed by atoms with Crippen LogP contribution in [0.1, 0.15) is 36.7 Å². The van der Waals surface area contributed by atoms with Gasteiger partial charge in [-0.05, 0) is 26.8 Å². The topological polar surface area (TPSA) is 49.8 Å². The number of carbonyl (C=O) groups excluding carboxylic acids is 1. The monoisotopic (exact) mass is 299 g/mol. The number of benzene rings is 1. The Labute approximate surface area is 122 Å². The van der Waals surface area contributed by atoms with Crippen LogP contribution >= 0.6 is 0 Å². The number of ether oxygens (including phenoxy) is 1. The molecule has 1 aromatic carbocycles. The van der Waals surface area contributed by atoms with Gasteiger partial charge in [0, 0.05) is 18.7 Å². The average Bonchev–Trinajstić information content (AvgIpc) is 2.39. The molecule has 1 N–H and O–H groups in total. The number of Topliss-reactive ketones (excluding diaryl/α,β-unsaturated/α-hetero) is 1. The molecule has 6 heteroatoms. The first kappa shape index (κ1) is 15.9. The normalized spacial score (nSPS) is 22.5. The molecule has 1 fully saturated rings. The fourth-order valence-electron chi connectivity index (χ4n) is 2.75. The lowest BCUT2D eigenvalue weighted by atomic mass is 10.0. The van der Waals surface area contributed by atoms with Crippen molar-refractivity contribution in [2.75, 3.05) is 18.0 Å². The Hall–Kier alpha value is -1.53. The van der Waals surface area contributed by atoms with Crippen molar-refractivity contribution >= 4 is 11.5 Å². The molecule has 1 aromatic rings. The van der Waals surface area contributed by atoms with Crippen LogP contribution in [0.15, 0.2) is 6.07 Å². The number of aliphatic hydroxyl groups is 1. The molecule has 1 saturated heterocycles. The first-order valence-corrected chi connectivity index (χ1v) is 6.88. The highest BCUT2D eigenvalue weighted by Gasteiger charge is 2.29. The maximum absolute atomic E-state index is 14.4. The summed E-state index contributed by atoms with van der Waals surface area (Å²) in [7, 11) is 0. The molecule has 21 heavy (non-hydrogen) atoms. The van der Waals surface area contributed by atoms with Crippen LogP contribution in [0.5, 0.6) is 0 Å². The minimum absolute atomic E-state index is 0.0157. The van der Waals surface area contributed by atoms with E-state index in [1.165, 1.54) is 6.07 Å². The summed E-state index contributed by atoms with van der Waals surface area (Å²) in [5.74, 6) is -2.83. The summed E-state index contributed by atoms with van der Waals surface area (Å²) in [6.45, 7) is 5.18. The Balaban J connectivity index is 2.52. The van der Waals surface area contributed by atoms with Crippen LogP contribution in [0, 0.1) is 11.6 Å². The summed E-state index contributed by atoms with van der Waals surface area (Å²) < 4.78 is 34.0. The van der Waals surface area contributed by atoms with E-state index in [-0.39, 0.29) is 29.0 Å². The number of rotatable bonds is 3. The predicted molar refractivity (Wildman–Crippen MR) is 74.5 cm³/mol. The molecular weight excluding hydrogens is 280 g/mol. The van der Waals surface area contributed by atoms with E-state index in [1.807, 2.05) is 13.8 Å². The van der Waals surface area contributed by atoms with Gasteiger partial charge in [-0.15, -0.1) is 0 Å². The van der Waals surface area contributed by atoms with E-state index in [2.05, 4.69) is 0 Å². The van der Waals surface area contributed by atoms with Gasteiger partial charge in [0.25, 0.3) is 0 Å². The standard InChI is InChI=1S/C15H19F2NO3/c1-8-5-18(6-9(2)21-8)15-11(7-19)4-12(10(3)20)13(16)14(15)17/h4,8-9,19H,5-7H2,1-3H3. The van der Waals surface area contributed by atoms with Gasteiger partial charge in [0.15, 0.2) is 17.4 Å². The highest BCUT2D eigenvalue weighted by molar-refractivity contribution is 5.95. The number of ketones is 1. The van der Waals surface area contributed by atoms with Crippen LogP contribution in [-0.4, -0.2) is 36.2 Å². The molecule has 0 amide bonds. The number of morpholine rings is 1. The first-order chi connectivity index (χ1) is 9.85. The highest BCUT2D eigenvalue weighted by Crippen LogP contribution is 2.31. The Morgan fingerprint density at radius 2 is 1.90 bits per heavy atom. The smallest absolute Gasteiger partial charge is 0.183 e. The van der Waals surface area contributed by atoms with Crippen molar-refractivity contribution in [3.63, 3.8) is 0 Å². The van der Waals surface area contributed by atoms with Crippen LogP contribution in [0.3, 0.4) is 0 Å². The number of halogens is 2. The molecule has 1 aliphatic heterocycles. The van der Waals surface area contributed by atoms with Gasteiger partial charge in [-0.2, -0.15) is 0 Å².